The Balaban J connectivity index is 3.49. The SMILES string of the molecule is O=NC(=O)c1cc(O)c(C(=O)O)cc1N=O. The van der Waals surface area contributed by atoms with Crippen LogP contribution in [0.15, 0.2) is 22.5 Å². The predicted octanol–water partition coefficient (Wildman–Crippen LogP) is 1.39. The maximum Gasteiger partial charge on any atom is 0.339 e. The number of rotatable bonds is 3. The monoisotopic (exact) mass is 224 g/mol. The van der Waals surface area contributed by atoms with Crippen molar-refractivity contribution in [2.45, 2.75) is 0 Å². The van der Waals surface area contributed by atoms with Gasteiger partial charge in [0.15, 0.2) is 0 Å². The average Bonchev–Trinajstić information content (AvgIpc) is 2.27. The number of aromatic carboxylic acids is 1. The molecule has 82 valence electrons. The van der Waals surface area contributed by atoms with Crippen LogP contribution in [0.1, 0.15) is 20.7 Å². The number of carboxylic acid groups (broad SMARTS) is 1. The summed E-state index contributed by atoms with van der Waals surface area (Å²) >= 11 is 0. The maximum absolute atomic E-state index is 10.9. The van der Waals surface area contributed by atoms with Gasteiger partial charge in [-0.25, -0.2) is 4.79 Å². The highest BCUT2D eigenvalue weighted by molar-refractivity contribution is 6.02. The lowest BCUT2D eigenvalue weighted by molar-refractivity contribution is 0.0693. The lowest BCUT2D eigenvalue weighted by Crippen LogP contribution is -2.00. The first kappa shape index (κ1) is 11.4. The normalized spacial score (nSPS) is 9.50. The van der Waals surface area contributed by atoms with Gasteiger partial charge in [0, 0.05) is 5.18 Å². The first-order valence-electron chi connectivity index (χ1n) is 3.82. The Labute approximate surface area is 87.5 Å². The molecule has 16 heavy (non-hydrogen) atoms. The van der Waals surface area contributed by atoms with Crippen molar-refractivity contribution in [1.82, 2.24) is 0 Å². The lowest BCUT2D eigenvalue weighted by atomic mass is 10.1. The number of hydrogen-bond donors (Lipinski definition) is 2. The summed E-state index contributed by atoms with van der Waals surface area (Å²) in [6, 6.07) is 1.34. The molecule has 0 aromatic heterocycles. The van der Waals surface area contributed by atoms with Crippen LogP contribution in [-0.4, -0.2) is 22.1 Å². The topological polar surface area (TPSA) is 133 Å². The van der Waals surface area contributed by atoms with E-state index in [1.165, 1.54) is 0 Å². The molecule has 8 heteroatoms. The molecule has 1 rings (SSSR count). The Morgan fingerprint density at radius 2 is 1.75 bits per heavy atom. The number of hydrogen-bond acceptors (Lipinski definition) is 6. The minimum absolute atomic E-state index is 0.549. The average molecular weight is 224 g/mol. The third-order valence-electron chi connectivity index (χ3n) is 1.76. The number of amides is 1. The fraction of sp³-hybridized carbons (Fsp3) is 0. The molecule has 1 aromatic rings. The Bertz CT molecular complexity index is 496. The van der Waals surface area contributed by atoms with E-state index < -0.39 is 34.4 Å². The molecule has 2 N–H and O–H groups in total. The zero-order chi connectivity index (χ0) is 12.3. The van der Waals surface area contributed by atoms with Gasteiger partial charge in [0.2, 0.25) is 0 Å². The molecule has 1 amide bonds. The van der Waals surface area contributed by atoms with Crippen LogP contribution in [0.5, 0.6) is 5.75 Å². The highest BCUT2D eigenvalue weighted by Gasteiger charge is 2.19. The third kappa shape index (κ3) is 1.90. The number of carbonyl (C=O) groups excluding carboxylic acids is 1. The van der Waals surface area contributed by atoms with Crippen molar-refractivity contribution < 1.29 is 19.8 Å². The van der Waals surface area contributed by atoms with Gasteiger partial charge in [0.05, 0.1) is 5.56 Å². The number of nitroso groups, excluding NO2 is 2. The summed E-state index contributed by atoms with van der Waals surface area (Å²) < 4.78 is 0. The zero-order valence-corrected chi connectivity index (χ0v) is 7.58. The first-order chi connectivity index (χ1) is 7.51. The van der Waals surface area contributed by atoms with Crippen molar-refractivity contribution in [2.75, 3.05) is 0 Å². The molecule has 0 atom stereocenters. The Morgan fingerprint density at radius 1 is 1.12 bits per heavy atom. The van der Waals surface area contributed by atoms with Gasteiger partial charge in [-0.15, -0.1) is 9.81 Å². The molecular formula is C8H4N2O6. The smallest absolute Gasteiger partial charge is 0.339 e. The van der Waals surface area contributed by atoms with E-state index in [9.17, 15) is 24.5 Å². The number of aromatic hydroxyl groups is 1. The third-order valence-corrected chi connectivity index (χ3v) is 1.76. The minimum atomic E-state index is -1.50. The van der Waals surface area contributed by atoms with E-state index >= 15 is 0 Å². The number of phenols is 1. The van der Waals surface area contributed by atoms with Gasteiger partial charge < -0.3 is 10.2 Å². The maximum atomic E-state index is 10.9. The van der Waals surface area contributed by atoms with Crippen molar-refractivity contribution in [2.24, 2.45) is 10.4 Å². The molecule has 0 bridgehead atoms. The van der Waals surface area contributed by atoms with E-state index in [4.69, 9.17) is 5.11 Å². The van der Waals surface area contributed by atoms with Gasteiger partial charge in [-0.1, -0.05) is 0 Å². The van der Waals surface area contributed by atoms with Gasteiger partial charge in [0.1, 0.15) is 17.0 Å². The molecule has 0 unspecified atom stereocenters. The summed E-state index contributed by atoms with van der Waals surface area (Å²) in [7, 11) is 0. The molecule has 1 aromatic carbocycles. The fourth-order valence-corrected chi connectivity index (χ4v) is 1.04. The van der Waals surface area contributed by atoms with Crippen molar-refractivity contribution in [3.8, 4) is 5.75 Å². The van der Waals surface area contributed by atoms with E-state index in [2.05, 4.69) is 5.18 Å². The number of nitrogens with zero attached hydrogens (tertiary/aromatic N) is 2. The molecule has 0 aliphatic heterocycles. The predicted molar refractivity (Wildman–Crippen MR) is 50.6 cm³/mol. The van der Waals surface area contributed by atoms with E-state index in [0.717, 1.165) is 0 Å². The molecule has 0 spiro atoms. The fourth-order valence-electron chi connectivity index (χ4n) is 1.04. The number of carbonyl (C=O) groups is 2. The first-order valence-corrected chi connectivity index (χ1v) is 3.82. The second kappa shape index (κ2) is 4.26. The van der Waals surface area contributed by atoms with Gasteiger partial charge in [-0.05, 0) is 17.3 Å². The molecule has 0 radical (unpaired) electrons. The zero-order valence-electron chi connectivity index (χ0n) is 7.58. The van der Waals surface area contributed by atoms with Crippen molar-refractivity contribution >= 4 is 17.6 Å². The van der Waals surface area contributed by atoms with Gasteiger partial charge in [-0.2, -0.15) is 0 Å². The molecule has 8 nitrogen and oxygen atoms in total. The second-order valence-electron chi connectivity index (χ2n) is 2.68. The molecule has 0 heterocycles. The lowest BCUT2D eigenvalue weighted by Gasteiger charge is -2.02. The Hall–Kier alpha value is -2.64. The Morgan fingerprint density at radius 3 is 2.19 bits per heavy atom. The van der Waals surface area contributed by atoms with Crippen molar-refractivity contribution in [3.05, 3.63) is 33.1 Å². The molecule has 0 saturated heterocycles. The van der Waals surface area contributed by atoms with Crippen LogP contribution in [0.25, 0.3) is 0 Å². The molecule has 0 aliphatic rings. The second-order valence-corrected chi connectivity index (χ2v) is 2.68. The van der Waals surface area contributed by atoms with E-state index in [0.29, 0.717) is 12.1 Å². The molecule has 0 saturated carbocycles. The van der Waals surface area contributed by atoms with Crippen LogP contribution in [0, 0.1) is 9.81 Å². The standard InChI is InChI=1S/C8H4N2O6/c11-6-2-3(7(12)10-16)5(9-15)1-4(6)8(13)14/h1-2,11H,(H,13,14). The van der Waals surface area contributed by atoms with Gasteiger partial charge in [-0.3, -0.25) is 4.79 Å². The van der Waals surface area contributed by atoms with Crippen LogP contribution in [0.4, 0.5) is 5.69 Å². The largest absolute Gasteiger partial charge is 0.507 e. The van der Waals surface area contributed by atoms with Crippen LogP contribution in [0.3, 0.4) is 0 Å². The molecule has 0 fully saturated rings. The summed E-state index contributed by atoms with van der Waals surface area (Å²) in [5.41, 5.74) is -1.72. The molecular weight excluding hydrogens is 220 g/mol. The summed E-state index contributed by atoms with van der Waals surface area (Å²) in [5.74, 6) is -3.57. The van der Waals surface area contributed by atoms with Crippen LogP contribution in [-0.2, 0) is 0 Å². The van der Waals surface area contributed by atoms with E-state index in [1.807, 2.05) is 5.18 Å². The minimum Gasteiger partial charge on any atom is -0.507 e. The quantitative estimate of drug-likeness (QED) is 0.745. The van der Waals surface area contributed by atoms with Crippen LogP contribution < -0.4 is 0 Å². The number of benzene rings is 1. The van der Waals surface area contributed by atoms with E-state index in [1.54, 1.807) is 0 Å². The van der Waals surface area contributed by atoms with Crippen LogP contribution in [0.2, 0.25) is 0 Å². The summed E-state index contributed by atoms with van der Waals surface area (Å²) in [5, 5.41) is 22.2. The highest BCUT2D eigenvalue weighted by atomic mass is 16.4. The highest BCUT2D eigenvalue weighted by Crippen LogP contribution is 2.28. The summed E-state index contributed by atoms with van der Waals surface area (Å²) in [6.07, 6.45) is 0. The summed E-state index contributed by atoms with van der Waals surface area (Å²) in [4.78, 5) is 41.7. The molecule has 0 aliphatic carbocycles. The van der Waals surface area contributed by atoms with Crippen molar-refractivity contribution in [1.29, 1.82) is 0 Å². The van der Waals surface area contributed by atoms with Gasteiger partial charge >= 0.3 is 11.9 Å². The van der Waals surface area contributed by atoms with Crippen molar-refractivity contribution in [3.63, 3.8) is 0 Å². The van der Waals surface area contributed by atoms with E-state index in [-0.39, 0.29) is 0 Å². The van der Waals surface area contributed by atoms with Gasteiger partial charge in [0.25, 0.3) is 0 Å². The van der Waals surface area contributed by atoms with Crippen LogP contribution >= 0.6 is 0 Å². The summed E-state index contributed by atoms with van der Waals surface area (Å²) in [6.45, 7) is 0. The Kier molecular flexibility index (Phi) is 3.04. The number of carboxylic acids is 1.